The lowest BCUT2D eigenvalue weighted by atomic mass is 9.98. The van der Waals surface area contributed by atoms with Crippen LogP contribution in [0.5, 0.6) is 0 Å². The van der Waals surface area contributed by atoms with Crippen molar-refractivity contribution in [3.8, 4) is 0 Å². The maximum absolute atomic E-state index is 13.7. The number of hydrazine groups is 1. The zero-order chi connectivity index (χ0) is 12.8. The second kappa shape index (κ2) is 6.94. The molecular weight excluding hydrogens is 239 g/mol. The molecule has 0 aliphatic carbocycles. The molecule has 0 aromatic heterocycles. The summed E-state index contributed by atoms with van der Waals surface area (Å²) in [6.45, 7) is 4.34. The lowest BCUT2D eigenvalue weighted by Crippen LogP contribution is -2.29. The van der Waals surface area contributed by atoms with E-state index < -0.39 is 0 Å². The number of nitrogens with two attached hydrogens (primary N) is 1. The van der Waals surface area contributed by atoms with Crippen molar-refractivity contribution >= 4 is 11.6 Å². The first kappa shape index (κ1) is 14.4. The van der Waals surface area contributed by atoms with E-state index >= 15 is 0 Å². The smallest absolute Gasteiger partial charge is 0.129 e. The first-order chi connectivity index (χ1) is 8.06. The molecule has 0 amide bonds. The Labute approximate surface area is 107 Å². The highest BCUT2D eigenvalue weighted by atomic mass is 35.5. The molecule has 0 fully saturated rings. The van der Waals surface area contributed by atoms with E-state index in [4.69, 9.17) is 17.4 Å². The van der Waals surface area contributed by atoms with E-state index in [1.807, 2.05) is 0 Å². The average molecular weight is 259 g/mol. The fourth-order valence-electron chi connectivity index (χ4n) is 1.88. The van der Waals surface area contributed by atoms with E-state index in [2.05, 4.69) is 19.3 Å². The van der Waals surface area contributed by atoms with Crippen LogP contribution < -0.4 is 11.3 Å². The third-order valence-electron chi connectivity index (χ3n) is 2.82. The summed E-state index contributed by atoms with van der Waals surface area (Å²) in [7, 11) is 0. The summed E-state index contributed by atoms with van der Waals surface area (Å²) in [4.78, 5) is 0. The maximum Gasteiger partial charge on any atom is 0.129 e. The standard InChI is InChI=1S/C13H20ClFN2/c1-9(2)5-3-8-12(17-16)13-10(14)6-4-7-11(13)15/h4,6-7,9,12,17H,3,5,8,16H2,1-2H3. The third-order valence-corrected chi connectivity index (χ3v) is 3.15. The van der Waals surface area contributed by atoms with Crippen molar-refractivity contribution in [1.82, 2.24) is 5.43 Å². The molecule has 0 saturated carbocycles. The van der Waals surface area contributed by atoms with Gasteiger partial charge in [-0.3, -0.25) is 11.3 Å². The van der Waals surface area contributed by atoms with E-state index in [1.165, 1.54) is 6.07 Å². The first-order valence-corrected chi connectivity index (χ1v) is 6.34. The molecule has 1 aromatic rings. The first-order valence-electron chi connectivity index (χ1n) is 5.96. The minimum atomic E-state index is -0.301. The molecule has 2 nitrogen and oxygen atoms in total. The van der Waals surface area contributed by atoms with Crippen LogP contribution in [0, 0.1) is 11.7 Å². The molecule has 0 heterocycles. The van der Waals surface area contributed by atoms with Gasteiger partial charge >= 0.3 is 0 Å². The molecule has 1 aromatic carbocycles. The van der Waals surface area contributed by atoms with E-state index in [1.54, 1.807) is 12.1 Å². The van der Waals surface area contributed by atoms with Gasteiger partial charge in [-0.05, 0) is 24.5 Å². The van der Waals surface area contributed by atoms with Crippen LogP contribution in [0.3, 0.4) is 0 Å². The molecule has 0 radical (unpaired) electrons. The molecule has 0 aliphatic heterocycles. The highest BCUT2D eigenvalue weighted by Gasteiger charge is 2.17. The SMILES string of the molecule is CC(C)CCCC(NN)c1c(F)cccc1Cl. The van der Waals surface area contributed by atoms with Crippen LogP contribution >= 0.6 is 11.6 Å². The van der Waals surface area contributed by atoms with Crippen LogP contribution in [0.4, 0.5) is 4.39 Å². The van der Waals surface area contributed by atoms with Crippen molar-refractivity contribution in [3.63, 3.8) is 0 Å². The van der Waals surface area contributed by atoms with Gasteiger partial charge in [-0.1, -0.05) is 44.4 Å². The van der Waals surface area contributed by atoms with Crippen LogP contribution in [-0.2, 0) is 0 Å². The third kappa shape index (κ3) is 4.26. The summed E-state index contributed by atoms with van der Waals surface area (Å²) < 4.78 is 13.7. The molecule has 17 heavy (non-hydrogen) atoms. The maximum atomic E-state index is 13.7. The van der Waals surface area contributed by atoms with Crippen molar-refractivity contribution in [1.29, 1.82) is 0 Å². The van der Waals surface area contributed by atoms with Crippen LogP contribution in [0.2, 0.25) is 5.02 Å². The van der Waals surface area contributed by atoms with E-state index in [0.29, 0.717) is 16.5 Å². The zero-order valence-corrected chi connectivity index (χ0v) is 11.1. The van der Waals surface area contributed by atoms with Gasteiger partial charge in [0.2, 0.25) is 0 Å². The number of rotatable bonds is 6. The Morgan fingerprint density at radius 1 is 1.35 bits per heavy atom. The average Bonchev–Trinajstić information content (AvgIpc) is 2.26. The van der Waals surface area contributed by atoms with E-state index in [-0.39, 0.29) is 11.9 Å². The zero-order valence-electron chi connectivity index (χ0n) is 10.3. The number of benzene rings is 1. The topological polar surface area (TPSA) is 38.0 Å². The lowest BCUT2D eigenvalue weighted by Gasteiger charge is -2.18. The Morgan fingerprint density at radius 2 is 2.06 bits per heavy atom. The summed E-state index contributed by atoms with van der Waals surface area (Å²) in [5, 5.41) is 0.428. The van der Waals surface area contributed by atoms with E-state index in [9.17, 15) is 4.39 Å². The van der Waals surface area contributed by atoms with Gasteiger partial charge < -0.3 is 0 Å². The Hall–Kier alpha value is -0.640. The minimum Gasteiger partial charge on any atom is -0.271 e. The van der Waals surface area contributed by atoms with Crippen LogP contribution in [-0.4, -0.2) is 0 Å². The Kier molecular flexibility index (Phi) is 5.89. The highest BCUT2D eigenvalue weighted by Crippen LogP contribution is 2.29. The molecule has 96 valence electrons. The second-order valence-corrected chi connectivity index (χ2v) is 5.09. The number of hydrogen-bond donors (Lipinski definition) is 2. The molecule has 1 atom stereocenters. The minimum absolute atomic E-state index is 0.220. The molecule has 4 heteroatoms. The van der Waals surface area contributed by atoms with Crippen molar-refractivity contribution in [2.75, 3.05) is 0 Å². The number of hydrogen-bond acceptors (Lipinski definition) is 2. The van der Waals surface area contributed by atoms with Gasteiger partial charge in [0.1, 0.15) is 5.82 Å². The summed E-state index contributed by atoms with van der Waals surface area (Å²) in [6.07, 6.45) is 2.89. The van der Waals surface area contributed by atoms with Crippen LogP contribution in [0.1, 0.15) is 44.7 Å². The van der Waals surface area contributed by atoms with Crippen LogP contribution in [0.15, 0.2) is 18.2 Å². The normalized spacial score (nSPS) is 13.1. The molecule has 0 aliphatic rings. The Balaban J connectivity index is 2.72. The highest BCUT2D eigenvalue weighted by molar-refractivity contribution is 6.31. The predicted octanol–water partition coefficient (Wildman–Crippen LogP) is 3.81. The predicted molar refractivity (Wildman–Crippen MR) is 70.2 cm³/mol. The van der Waals surface area contributed by atoms with Crippen molar-refractivity contribution < 1.29 is 4.39 Å². The summed E-state index contributed by atoms with van der Waals surface area (Å²) in [5.41, 5.74) is 3.12. The van der Waals surface area contributed by atoms with Gasteiger partial charge in [-0.15, -0.1) is 0 Å². The van der Waals surface area contributed by atoms with Crippen molar-refractivity contribution in [2.24, 2.45) is 11.8 Å². The number of halogens is 2. The molecule has 1 unspecified atom stereocenters. The monoisotopic (exact) mass is 258 g/mol. The molecule has 0 saturated heterocycles. The van der Waals surface area contributed by atoms with Gasteiger partial charge in [0, 0.05) is 10.6 Å². The molecule has 0 bridgehead atoms. The van der Waals surface area contributed by atoms with Crippen molar-refractivity contribution in [3.05, 3.63) is 34.6 Å². The molecule has 1 rings (SSSR count). The number of nitrogens with one attached hydrogen (secondary N) is 1. The lowest BCUT2D eigenvalue weighted by molar-refractivity contribution is 0.441. The van der Waals surface area contributed by atoms with Gasteiger partial charge in [0.15, 0.2) is 0 Å². The fraction of sp³-hybridized carbons (Fsp3) is 0.538. The van der Waals surface area contributed by atoms with Crippen molar-refractivity contribution in [2.45, 2.75) is 39.2 Å². The van der Waals surface area contributed by atoms with Crippen LogP contribution in [0.25, 0.3) is 0 Å². The van der Waals surface area contributed by atoms with E-state index in [0.717, 1.165) is 19.3 Å². The Morgan fingerprint density at radius 3 is 2.59 bits per heavy atom. The second-order valence-electron chi connectivity index (χ2n) is 4.68. The summed E-state index contributed by atoms with van der Waals surface area (Å²) >= 11 is 6.01. The van der Waals surface area contributed by atoms with Gasteiger partial charge in [0.25, 0.3) is 0 Å². The summed E-state index contributed by atoms with van der Waals surface area (Å²) in [6, 6.07) is 4.48. The van der Waals surface area contributed by atoms with Gasteiger partial charge in [0.05, 0.1) is 6.04 Å². The largest absolute Gasteiger partial charge is 0.271 e. The van der Waals surface area contributed by atoms with Gasteiger partial charge in [-0.25, -0.2) is 4.39 Å². The Bertz CT molecular complexity index is 335. The molecule has 0 spiro atoms. The van der Waals surface area contributed by atoms with Gasteiger partial charge in [-0.2, -0.15) is 0 Å². The molecule has 3 N–H and O–H groups in total. The quantitative estimate of drug-likeness (QED) is 0.602. The fourth-order valence-corrected chi connectivity index (χ4v) is 2.18. The summed E-state index contributed by atoms with van der Waals surface area (Å²) in [5.74, 6) is 5.83. The molecular formula is C13H20ClFN2.